The van der Waals surface area contributed by atoms with Gasteiger partial charge in [0, 0.05) is 22.0 Å². The maximum atomic E-state index is 12.6. The predicted octanol–water partition coefficient (Wildman–Crippen LogP) is 5.19. The van der Waals surface area contributed by atoms with E-state index in [1.54, 1.807) is 30.3 Å². The third-order valence-electron chi connectivity index (χ3n) is 4.68. The first-order chi connectivity index (χ1) is 14.4. The molecule has 2 amide bonds. The molecule has 0 spiro atoms. The Morgan fingerprint density at radius 2 is 1.70 bits per heavy atom. The molecule has 0 bridgehead atoms. The summed E-state index contributed by atoms with van der Waals surface area (Å²) in [5, 5.41) is 9.43. The van der Waals surface area contributed by atoms with E-state index in [2.05, 4.69) is 16.0 Å². The number of halogens is 1. The van der Waals surface area contributed by atoms with Gasteiger partial charge in [-0.1, -0.05) is 54.1 Å². The minimum absolute atomic E-state index is 0.0665. The van der Waals surface area contributed by atoms with E-state index < -0.39 is 0 Å². The van der Waals surface area contributed by atoms with Crippen LogP contribution < -0.4 is 16.0 Å². The van der Waals surface area contributed by atoms with Crippen molar-refractivity contribution in [1.29, 1.82) is 0 Å². The highest BCUT2D eigenvalue weighted by Crippen LogP contribution is 2.20. The smallest absolute Gasteiger partial charge is 0.251 e. The van der Waals surface area contributed by atoms with Crippen LogP contribution in [0.15, 0.2) is 72.8 Å². The fraction of sp³-hybridized carbons (Fsp3) is 0.167. The molecule has 3 N–H and O–H groups in total. The summed E-state index contributed by atoms with van der Waals surface area (Å²) in [6, 6.07) is 22.1. The number of hydrogen-bond acceptors (Lipinski definition) is 3. The molecule has 0 aromatic heterocycles. The van der Waals surface area contributed by atoms with Crippen molar-refractivity contribution >= 4 is 34.8 Å². The van der Waals surface area contributed by atoms with Crippen molar-refractivity contribution in [3.63, 3.8) is 0 Å². The van der Waals surface area contributed by atoms with E-state index in [9.17, 15) is 9.59 Å². The van der Waals surface area contributed by atoms with E-state index in [4.69, 9.17) is 11.6 Å². The van der Waals surface area contributed by atoms with Gasteiger partial charge in [0.25, 0.3) is 5.91 Å². The van der Waals surface area contributed by atoms with E-state index in [0.29, 0.717) is 22.0 Å². The van der Waals surface area contributed by atoms with Gasteiger partial charge in [-0.2, -0.15) is 0 Å². The molecule has 6 heteroatoms. The Kier molecular flexibility index (Phi) is 7.09. The van der Waals surface area contributed by atoms with Gasteiger partial charge in [0.2, 0.25) is 5.91 Å². The van der Waals surface area contributed by atoms with Gasteiger partial charge in [-0.15, -0.1) is 0 Å². The second kappa shape index (κ2) is 9.94. The standard InChI is InChI=1S/C24H24ClN3O2/c1-16-11-12-21(14-22(16)25)28-23(29)15-26-20-10-6-9-19(13-20)24(30)27-17(2)18-7-4-3-5-8-18/h3-14,17,26H,15H2,1-2H3,(H,27,30)(H,28,29). The molecule has 0 radical (unpaired) electrons. The average molecular weight is 422 g/mol. The van der Waals surface area contributed by atoms with Crippen LogP contribution >= 0.6 is 11.6 Å². The van der Waals surface area contributed by atoms with Crippen LogP contribution in [-0.4, -0.2) is 18.4 Å². The molecule has 5 nitrogen and oxygen atoms in total. The van der Waals surface area contributed by atoms with E-state index in [1.165, 1.54) is 0 Å². The number of aryl methyl sites for hydroxylation is 1. The first kappa shape index (κ1) is 21.4. The molecule has 0 aliphatic heterocycles. The molecule has 0 saturated heterocycles. The highest BCUT2D eigenvalue weighted by atomic mass is 35.5. The molecule has 1 unspecified atom stereocenters. The van der Waals surface area contributed by atoms with Gasteiger partial charge in [0.1, 0.15) is 0 Å². The summed E-state index contributed by atoms with van der Waals surface area (Å²) in [7, 11) is 0. The number of carbonyl (C=O) groups excluding carboxylic acids is 2. The van der Waals surface area contributed by atoms with Crippen molar-refractivity contribution in [2.24, 2.45) is 0 Å². The van der Waals surface area contributed by atoms with Crippen LogP contribution in [-0.2, 0) is 4.79 Å². The Hall–Kier alpha value is -3.31. The summed E-state index contributed by atoms with van der Waals surface area (Å²) in [5.41, 5.74) is 3.83. The zero-order chi connectivity index (χ0) is 21.5. The number of rotatable bonds is 7. The van der Waals surface area contributed by atoms with Crippen molar-refractivity contribution in [2.45, 2.75) is 19.9 Å². The number of amides is 2. The van der Waals surface area contributed by atoms with Crippen molar-refractivity contribution < 1.29 is 9.59 Å². The molecule has 0 aliphatic rings. The Balaban J connectivity index is 1.56. The van der Waals surface area contributed by atoms with Gasteiger partial charge in [-0.05, 0) is 55.3 Å². The summed E-state index contributed by atoms with van der Waals surface area (Å²) in [6.07, 6.45) is 0. The fourth-order valence-corrected chi connectivity index (χ4v) is 3.11. The third-order valence-corrected chi connectivity index (χ3v) is 5.09. The second-order valence-corrected chi connectivity index (χ2v) is 7.46. The maximum Gasteiger partial charge on any atom is 0.251 e. The Labute approximate surface area is 181 Å². The zero-order valence-electron chi connectivity index (χ0n) is 16.9. The summed E-state index contributed by atoms with van der Waals surface area (Å²) in [4.78, 5) is 24.8. The molecular formula is C24H24ClN3O2. The molecular weight excluding hydrogens is 398 g/mol. The van der Waals surface area contributed by atoms with Crippen molar-refractivity contribution in [2.75, 3.05) is 17.2 Å². The lowest BCUT2D eigenvalue weighted by Gasteiger charge is -2.15. The minimum atomic E-state index is -0.206. The molecule has 0 heterocycles. The van der Waals surface area contributed by atoms with E-state index in [1.807, 2.05) is 56.3 Å². The Bertz CT molecular complexity index is 1040. The summed E-state index contributed by atoms with van der Waals surface area (Å²) in [6.45, 7) is 3.91. The molecule has 0 fully saturated rings. The lowest BCUT2D eigenvalue weighted by molar-refractivity contribution is -0.114. The average Bonchev–Trinajstić information content (AvgIpc) is 2.75. The normalized spacial score (nSPS) is 11.4. The molecule has 30 heavy (non-hydrogen) atoms. The first-order valence-electron chi connectivity index (χ1n) is 9.68. The Morgan fingerprint density at radius 1 is 0.933 bits per heavy atom. The van der Waals surface area contributed by atoms with Crippen LogP contribution in [0.1, 0.15) is 34.5 Å². The zero-order valence-corrected chi connectivity index (χ0v) is 17.7. The van der Waals surface area contributed by atoms with Crippen LogP contribution in [0.5, 0.6) is 0 Å². The van der Waals surface area contributed by atoms with E-state index in [0.717, 1.165) is 11.1 Å². The fourth-order valence-electron chi connectivity index (χ4n) is 2.93. The molecule has 3 aromatic carbocycles. The number of nitrogens with one attached hydrogen (secondary N) is 3. The second-order valence-electron chi connectivity index (χ2n) is 7.05. The summed E-state index contributed by atoms with van der Waals surface area (Å²) in [5.74, 6) is -0.378. The molecule has 154 valence electrons. The van der Waals surface area contributed by atoms with Crippen molar-refractivity contribution in [3.8, 4) is 0 Å². The molecule has 1 atom stereocenters. The predicted molar refractivity (Wildman–Crippen MR) is 122 cm³/mol. The highest BCUT2D eigenvalue weighted by Gasteiger charge is 2.12. The van der Waals surface area contributed by atoms with E-state index >= 15 is 0 Å². The quantitative estimate of drug-likeness (QED) is 0.491. The highest BCUT2D eigenvalue weighted by molar-refractivity contribution is 6.31. The lowest BCUT2D eigenvalue weighted by Crippen LogP contribution is -2.26. The number of carbonyl (C=O) groups is 2. The van der Waals surface area contributed by atoms with Crippen LogP contribution in [0.4, 0.5) is 11.4 Å². The summed E-state index contributed by atoms with van der Waals surface area (Å²) >= 11 is 6.09. The van der Waals surface area contributed by atoms with Gasteiger partial charge in [0.05, 0.1) is 12.6 Å². The largest absolute Gasteiger partial charge is 0.376 e. The number of hydrogen-bond donors (Lipinski definition) is 3. The molecule has 0 aliphatic carbocycles. The van der Waals surface area contributed by atoms with Gasteiger partial charge in [-0.3, -0.25) is 9.59 Å². The molecule has 3 aromatic rings. The van der Waals surface area contributed by atoms with Gasteiger partial charge in [0.15, 0.2) is 0 Å². The van der Waals surface area contributed by atoms with Crippen LogP contribution in [0, 0.1) is 6.92 Å². The van der Waals surface area contributed by atoms with Gasteiger partial charge in [-0.25, -0.2) is 0 Å². The van der Waals surface area contributed by atoms with Crippen molar-refractivity contribution in [3.05, 3.63) is 94.5 Å². The van der Waals surface area contributed by atoms with Gasteiger partial charge >= 0.3 is 0 Å². The maximum absolute atomic E-state index is 12.6. The Morgan fingerprint density at radius 3 is 2.43 bits per heavy atom. The first-order valence-corrected chi connectivity index (χ1v) is 10.1. The summed E-state index contributed by atoms with van der Waals surface area (Å²) < 4.78 is 0. The van der Waals surface area contributed by atoms with Crippen LogP contribution in [0.3, 0.4) is 0 Å². The van der Waals surface area contributed by atoms with Crippen molar-refractivity contribution in [1.82, 2.24) is 5.32 Å². The minimum Gasteiger partial charge on any atom is -0.376 e. The van der Waals surface area contributed by atoms with E-state index in [-0.39, 0.29) is 24.4 Å². The number of anilines is 2. The van der Waals surface area contributed by atoms with Crippen LogP contribution in [0.25, 0.3) is 0 Å². The monoisotopic (exact) mass is 421 g/mol. The lowest BCUT2D eigenvalue weighted by atomic mass is 10.1. The van der Waals surface area contributed by atoms with Crippen LogP contribution in [0.2, 0.25) is 5.02 Å². The number of benzene rings is 3. The molecule has 3 rings (SSSR count). The van der Waals surface area contributed by atoms with Gasteiger partial charge < -0.3 is 16.0 Å². The topological polar surface area (TPSA) is 70.2 Å². The third kappa shape index (κ3) is 5.84. The molecule has 0 saturated carbocycles. The SMILES string of the molecule is Cc1ccc(NC(=O)CNc2cccc(C(=O)NC(C)c3ccccc3)c2)cc1Cl.